The fourth-order valence-electron chi connectivity index (χ4n) is 4.20. The molecule has 1 saturated heterocycles. The van der Waals surface area contributed by atoms with E-state index in [1.54, 1.807) is 0 Å². The Bertz CT molecular complexity index is 976. The van der Waals surface area contributed by atoms with Crippen LogP contribution in [0, 0.1) is 0 Å². The van der Waals surface area contributed by atoms with Crippen LogP contribution in [0.25, 0.3) is 0 Å². The van der Waals surface area contributed by atoms with Crippen molar-refractivity contribution in [3.8, 4) is 0 Å². The van der Waals surface area contributed by atoms with E-state index in [0.717, 1.165) is 21.7 Å². The molecular formula is C22H19NO2S. The summed E-state index contributed by atoms with van der Waals surface area (Å²) in [6.45, 7) is 2.07. The summed E-state index contributed by atoms with van der Waals surface area (Å²) >= 11 is 0. The standard InChI is InChI=1S/C22H19NO2S/c1-22-18-14-8-9-15-19(18)26(24)21(22)20(16-10-4-2-5-11-16)23(25-22)17-12-6-3-7-13-17/h2-15,20-21H,1H3/t20?,21-,22-,26?/m0/s1. The molecule has 0 radical (unpaired) electrons. The summed E-state index contributed by atoms with van der Waals surface area (Å²) in [6.07, 6.45) is 0. The summed E-state index contributed by atoms with van der Waals surface area (Å²) < 4.78 is 13.4. The first-order valence-electron chi connectivity index (χ1n) is 8.78. The van der Waals surface area contributed by atoms with Gasteiger partial charge in [0.05, 0.1) is 22.5 Å². The van der Waals surface area contributed by atoms with Crippen LogP contribution in [0.5, 0.6) is 0 Å². The maximum absolute atomic E-state index is 13.4. The van der Waals surface area contributed by atoms with Crippen LogP contribution in [0.2, 0.25) is 0 Å². The molecule has 1 fully saturated rings. The number of nitrogens with zero attached hydrogens (tertiary/aromatic N) is 1. The van der Waals surface area contributed by atoms with Crippen molar-refractivity contribution in [1.82, 2.24) is 0 Å². The van der Waals surface area contributed by atoms with Gasteiger partial charge in [-0.25, -0.2) is 5.06 Å². The molecule has 0 spiro atoms. The van der Waals surface area contributed by atoms with Gasteiger partial charge in [-0.1, -0.05) is 66.7 Å². The third kappa shape index (κ3) is 2.12. The van der Waals surface area contributed by atoms with Crippen molar-refractivity contribution in [2.24, 2.45) is 0 Å². The van der Waals surface area contributed by atoms with Crippen molar-refractivity contribution < 1.29 is 9.05 Å². The maximum Gasteiger partial charge on any atom is 0.137 e. The lowest BCUT2D eigenvalue weighted by Crippen LogP contribution is -2.32. The Morgan fingerprint density at radius 3 is 2.23 bits per heavy atom. The lowest BCUT2D eigenvalue weighted by Gasteiger charge is -2.27. The number of benzene rings is 3. The molecule has 0 aliphatic carbocycles. The highest BCUT2D eigenvalue weighted by molar-refractivity contribution is 7.86. The van der Waals surface area contributed by atoms with E-state index in [1.807, 2.05) is 77.9 Å². The van der Waals surface area contributed by atoms with Crippen LogP contribution < -0.4 is 5.06 Å². The predicted molar refractivity (Wildman–Crippen MR) is 103 cm³/mol. The highest BCUT2D eigenvalue weighted by Gasteiger charge is 2.61. The Morgan fingerprint density at radius 1 is 0.885 bits per heavy atom. The van der Waals surface area contributed by atoms with E-state index in [1.165, 1.54) is 0 Å². The van der Waals surface area contributed by atoms with E-state index in [2.05, 4.69) is 19.1 Å². The monoisotopic (exact) mass is 361 g/mol. The number of para-hydroxylation sites is 1. The van der Waals surface area contributed by atoms with Gasteiger partial charge in [-0.05, 0) is 30.7 Å². The zero-order chi connectivity index (χ0) is 17.7. The molecule has 0 aromatic heterocycles. The lowest BCUT2D eigenvalue weighted by molar-refractivity contribution is 0.0000385. The molecule has 26 heavy (non-hydrogen) atoms. The van der Waals surface area contributed by atoms with E-state index < -0.39 is 16.4 Å². The number of rotatable bonds is 2. The van der Waals surface area contributed by atoms with Crippen LogP contribution in [0.15, 0.2) is 89.8 Å². The van der Waals surface area contributed by atoms with Crippen LogP contribution in [-0.4, -0.2) is 9.46 Å². The number of anilines is 1. The molecule has 0 saturated carbocycles. The molecular weight excluding hydrogens is 342 g/mol. The van der Waals surface area contributed by atoms with Crippen molar-refractivity contribution in [3.05, 3.63) is 96.1 Å². The predicted octanol–water partition coefficient (Wildman–Crippen LogP) is 4.58. The SMILES string of the molecule is C[C@@]12ON(c3ccccc3)C(c3ccccc3)[C@@H]1S(=O)c1ccccc12. The quantitative estimate of drug-likeness (QED) is 0.669. The fraction of sp³-hybridized carbons (Fsp3) is 0.182. The molecule has 3 nitrogen and oxygen atoms in total. The average molecular weight is 361 g/mol. The van der Waals surface area contributed by atoms with E-state index in [0.29, 0.717) is 0 Å². The van der Waals surface area contributed by atoms with Gasteiger partial charge in [0.1, 0.15) is 10.9 Å². The summed E-state index contributed by atoms with van der Waals surface area (Å²) in [4.78, 5) is 7.46. The minimum absolute atomic E-state index is 0.114. The molecule has 3 aromatic carbocycles. The van der Waals surface area contributed by atoms with Gasteiger partial charge in [0.15, 0.2) is 0 Å². The van der Waals surface area contributed by atoms with Crippen molar-refractivity contribution in [1.29, 1.82) is 0 Å². The smallest absolute Gasteiger partial charge is 0.137 e. The third-order valence-corrected chi connectivity index (χ3v) is 7.35. The second kappa shape index (κ2) is 5.79. The van der Waals surface area contributed by atoms with Crippen molar-refractivity contribution in [2.75, 3.05) is 5.06 Å². The normalized spacial score (nSPS) is 29.4. The third-order valence-electron chi connectivity index (χ3n) is 5.39. The highest BCUT2D eigenvalue weighted by atomic mass is 32.2. The molecule has 5 rings (SSSR count). The van der Waals surface area contributed by atoms with Crippen LogP contribution in [0.3, 0.4) is 0 Å². The van der Waals surface area contributed by atoms with Gasteiger partial charge in [-0.15, -0.1) is 0 Å². The first-order chi connectivity index (χ1) is 12.7. The lowest BCUT2D eigenvalue weighted by atomic mass is 9.88. The number of fused-ring (bicyclic) bond motifs is 3. The molecule has 2 heterocycles. The Balaban J connectivity index is 1.71. The summed E-state index contributed by atoms with van der Waals surface area (Å²) in [5.41, 5.74) is 2.51. The Morgan fingerprint density at radius 2 is 1.50 bits per heavy atom. The van der Waals surface area contributed by atoms with Crippen LogP contribution in [-0.2, 0) is 21.2 Å². The molecule has 4 atom stereocenters. The van der Waals surface area contributed by atoms with Gasteiger partial charge < -0.3 is 0 Å². The largest absolute Gasteiger partial charge is 0.260 e. The molecule has 3 aromatic rings. The summed E-state index contributed by atoms with van der Waals surface area (Å²) in [5.74, 6) is 0. The van der Waals surface area contributed by atoms with Gasteiger partial charge in [0.25, 0.3) is 0 Å². The molecule has 2 aliphatic heterocycles. The first kappa shape index (κ1) is 15.8. The molecule has 0 amide bonds. The number of hydroxylamine groups is 1. The zero-order valence-corrected chi connectivity index (χ0v) is 15.2. The van der Waals surface area contributed by atoms with Crippen LogP contribution in [0.1, 0.15) is 24.1 Å². The second-order valence-electron chi connectivity index (χ2n) is 6.93. The highest BCUT2D eigenvalue weighted by Crippen LogP contribution is 2.56. The topological polar surface area (TPSA) is 29.5 Å². The van der Waals surface area contributed by atoms with Gasteiger partial charge in [0, 0.05) is 10.5 Å². The minimum atomic E-state index is -1.13. The van der Waals surface area contributed by atoms with Crippen molar-refractivity contribution >= 4 is 16.5 Å². The average Bonchev–Trinajstić information content (AvgIpc) is 3.13. The summed E-state index contributed by atoms with van der Waals surface area (Å²) in [7, 11) is -1.13. The molecule has 2 unspecified atom stereocenters. The fourth-order valence-corrected chi connectivity index (χ4v) is 6.25. The molecule has 2 aliphatic rings. The maximum atomic E-state index is 13.4. The van der Waals surface area contributed by atoms with Gasteiger partial charge in [0.2, 0.25) is 0 Å². The Hall–Kier alpha value is -2.43. The number of hydrogen-bond donors (Lipinski definition) is 0. The van der Waals surface area contributed by atoms with Crippen LogP contribution in [0.4, 0.5) is 5.69 Å². The van der Waals surface area contributed by atoms with E-state index in [4.69, 9.17) is 4.84 Å². The zero-order valence-electron chi connectivity index (χ0n) is 14.4. The van der Waals surface area contributed by atoms with E-state index >= 15 is 0 Å². The van der Waals surface area contributed by atoms with Gasteiger partial charge in [-0.2, -0.15) is 0 Å². The van der Waals surface area contributed by atoms with Crippen molar-refractivity contribution in [3.63, 3.8) is 0 Å². The second-order valence-corrected chi connectivity index (χ2v) is 8.47. The van der Waals surface area contributed by atoms with E-state index in [-0.39, 0.29) is 11.3 Å². The summed E-state index contributed by atoms with van der Waals surface area (Å²) in [6, 6.07) is 28.2. The van der Waals surface area contributed by atoms with E-state index in [9.17, 15) is 4.21 Å². The molecule has 4 heteroatoms. The molecule has 0 bridgehead atoms. The minimum Gasteiger partial charge on any atom is -0.260 e. The van der Waals surface area contributed by atoms with Gasteiger partial charge >= 0.3 is 0 Å². The first-order valence-corrected chi connectivity index (χ1v) is 10.00. The Kier molecular flexibility index (Phi) is 3.52. The van der Waals surface area contributed by atoms with Crippen molar-refractivity contribution in [2.45, 2.75) is 28.7 Å². The van der Waals surface area contributed by atoms with Crippen LogP contribution >= 0.6 is 0 Å². The number of hydrogen-bond acceptors (Lipinski definition) is 3. The molecule has 0 N–H and O–H groups in total. The summed E-state index contributed by atoms with van der Waals surface area (Å²) in [5, 5.41) is 1.79. The molecule has 130 valence electrons. The Labute approximate surface area is 155 Å². The van der Waals surface area contributed by atoms with Gasteiger partial charge in [-0.3, -0.25) is 9.05 Å².